The van der Waals surface area contributed by atoms with E-state index in [4.69, 9.17) is 12.2 Å². The first kappa shape index (κ1) is 15.0. The lowest BCUT2D eigenvalue weighted by Crippen LogP contribution is -2.30. The average Bonchev–Trinajstić information content (AvgIpc) is 3.04. The molecule has 6 nitrogen and oxygen atoms in total. The van der Waals surface area contributed by atoms with Gasteiger partial charge in [0.25, 0.3) is 0 Å². The lowest BCUT2D eigenvalue weighted by Gasteiger charge is -2.28. The van der Waals surface area contributed by atoms with E-state index in [0.29, 0.717) is 4.77 Å². The van der Waals surface area contributed by atoms with Crippen LogP contribution in [0.5, 0.6) is 5.75 Å². The highest BCUT2D eigenvalue weighted by molar-refractivity contribution is 7.71. The highest BCUT2D eigenvalue weighted by Crippen LogP contribution is 2.26. The van der Waals surface area contributed by atoms with E-state index in [1.165, 1.54) is 11.3 Å². The molecular weight excluding hydrogens is 322 g/mol. The third-order valence-electron chi connectivity index (χ3n) is 4.32. The quantitative estimate of drug-likeness (QED) is 0.639. The maximum absolute atomic E-state index is 9.45. The number of aromatic hydroxyl groups is 1. The van der Waals surface area contributed by atoms with Gasteiger partial charge in [-0.25, -0.2) is 4.98 Å². The van der Waals surface area contributed by atoms with Gasteiger partial charge in [0.15, 0.2) is 4.77 Å². The Morgan fingerprint density at radius 1 is 1.21 bits per heavy atom. The number of phenolic OH excluding ortho intramolecular Hbond substituents is 1. The summed E-state index contributed by atoms with van der Waals surface area (Å²) in [6, 6.07) is 7.15. The van der Waals surface area contributed by atoms with Crippen molar-refractivity contribution in [2.75, 3.05) is 6.54 Å². The molecule has 0 spiro atoms. The number of hydrogen-bond donors (Lipinski definition) is 3. The monoisotopic (exact) mass is 339 g/mol. The molecule has 0 saturated heterocycles. The predicted molar refractivity (Wildman–Crippen MR) is 92.9 cm³/mol. The van der Waals surface area contributed by atoms with E-state index in [1.54, 1.807) is 12.1 Å². The molecule has 2 aromatic heterocycles. The summed E-state index contributed by atoms with van der Waals surface area (Å²) in [6.07, 6.45) is 4.68. The molecule has 0 unspecified atom stereocenters. The van der Waals surface area contributed by atoms with Crippen LogP contribution in [0.1, 0.15) is 16.8 Å². The van der Waals surface area contributed by atoms with Crippen molar-refractivity contribution in [2.24, 2.45) is 0 Å². The maximum atomic E-state index is 9.45. The van der Waals surface area contributed by atoms with Gasteiger partial charge in [0.1, 0.15) is 5.75 Å². The zero-order valence-electron chi connectivity index (χ0n) is 13.0. The van der Waals surface area contributed by atoms with Crippen LogP contribution in [-0.4, -0.2) is 36.7 Å². The Morgan fingerprint density at radius 3 is 2.88 bits per heavy atom. The average molecular weight is 339 g/mol. The van der Waals surface area contributed by atoms with Gasteiger partial charge in [0.05, 0.1) is 11.9 Å². The van der Waals surface area contributed by atoms with E-state index in [1.807, 2.05) is 24.5 Å². The van der Waals surface area contributed by atoms with Gasteiger partial charge in [-0.05, 0) is 36.5 Å². The Hall–Kier alpha value is -2.51. The van der Waals surface area contributed by atoms with Crippen molar-refractivity contribution >= 4 is 12.2 Å². The van der Waals surface area contributed by atoms with E-state index < -0.39 is 0 Å². The van der Waals surface area contributed by atoms with E-state index in [0.717, 1.165) is 42.9 Å². The summed E-state index contributed by atoms with van der Waals surface area (Å²) in [6.45, 7) is 2.61. The minimum absolute atomic E-state index is 0.261. The van der Waals surface area contributed by atoms with Gasteiger partial charge >= 0.3 is 0 Å². The Kier molecular flexibility index (Phi) is 3.87. The molecular formula is C17H17N5OS. The molecule has 1 aliphatic rings. The summed E-state index contributed by atoms with van der Waals surface area (Å²) >= 11 is 5.09. The van der Waals surface area contributed by atoms with Crippen LogP contribution in [0.4, 0.5) is 0 Å². The third-order valence-corrected chi connectivity index (χ3v) is 4.53. The summed E-state index contributed by atoms with van der Waals surface area (Å²) in [5.74, 6) is 0.261. The predicted octanol–water partition coefficient (Wildman–Crippen LogP) is 2.79. The van der Waals surface area contributed by atoms with Crippen LogP contribution in [0.2, 0.25) is 0 Å². The molecule has 0 amide bonds. The number of H-pyrrole nitrogens is 2. The Bertz CT molecular complexity index is 915. The first-order valence-corrected chi connectivity index (χ1v) is 8.21. The molecule has 0 fully saturated rings. The number of aromatic nitrogens is 4. The fraction of sp³-hybridized carbons (Fsp3) is 0.235. The Morgan fingerprint density at radius 2 is 2.04 bits per heavy atom. The smallest absolute Gasteiger partial charge is 0.196 e. The lowest BCUT2D eigenvalue weighted by molar-refractivity contribution is 0.243. The summed E-state index contributed by atoms with van der Waals surface area (Å²) in [5.41, 5.74) is 5.54. The van der Waals surface area contributed by atoms with Crippen molar-refractivity contribution in [3.05, 3.63) is 58.3 Å². The second kappa shape index (κ2) is 6.18. The summed E-state index contributed by atoms with van der Waals surface area (Å²) in [4.78, 5) is 9.74. The topological polar surface area (TPSA) is 80.8 Å². The first-order valence-electron chi connectivity index (χ1n) is 7.80. The molecule has 24 heavy (non-hydrogen) atoms. The molecule has 3 N–H and O–H groups in total. The molecule has 0 atom stereocenters. The van der Waals surface area contributed by atoms with E-state index in [-0.39, 0.29) is 5.75 Å². The van der Waals surface area contributed by atoms with Crippen molar-refractivity contribution < 1.29 is 5.11 Å². The molecule has 0 radical (unpaired) electrons. The van der Waals surface area contributed by atoms with Crippen LogP contribution in [0, 0.1) is 4.77 Å². The molecule has 7 heteroatoms. The SMILES string of the molecule is Oc1ccc(-c2[nH]ncc2CN2CCc3[nH]c(=S)ncc3C2)cc1. The van der Waals surface area contributed by atoms with Crippen LogP contribution >= 0.6 is 12.2 Å². The van der Waals surface area contributed by atoms with Crippen LogP contribution in [0.15, 0.2) is 36.7 Å². The van der Waals surface area contributed by atoms with Gasteiger partial charge in [0.2, 0.25) is 0 Å². The van der Waals surface area contributed by atoms with Crippen LogP contribution in [0.3, 0.4) is 0 Å². The van der Waals surface area contributed by atoms with Crippen molar-refractivity contribution in [1.29, 1.82) is 0 Å². The number of fused-ring (bicyclic) bond motifs is 1. The Labute approximate surface area is 144 Å². The van der Waals surface area contributed by atoms with Crippen molar-refractivity contribution in [3.8, 4) is 17.0 Å². The second-order valence-electron chi connectivity index (χ2n) is 5.97. The minimum Gasteiger partial charge on any atom is -0.508 e. The molecule has 3 heterocycles. The Balaban J connectivity index is 1.55. The largest absolute Gasteiger partial charge is 0.508 e. The fourth-order valence-electron chi connectivity index (χ4n) is 3.09. The van der Waals surface area contributed by atoms with Crippen LogP contribution in [0.25, 0.3) is 11.3 Å². The summed E-state index contributed by atoms with van der Waals surface area (Å²) in [7, 11) is 0. The van der Waals surface area contributed by atoms with Gasteiger partial charge in [-0.1, -0.05) is 0 Å². The van der Waals surface area contributed by atoms with Crippen molar-refractivity contribution in [2.45, 2.75) is 19.5 Å². The molecule has 0 saturated carbocycles. The number of aromatic amines is 2. The van der Waals surface area contributed by atoms with Crippen molar-refractivity contribution in [3.63, 3.8) is 0 Å². The van der Waals surface area contributed by atoms with E-state index in [9.17, 15) is 5.11 Å². The maximum Gasteiger partial charge on any atom is 0.196 e. The number of benzene rings is 1. The number of phenols is 1. The van der Waals surface area contributed by atoms with Gasteiger partial charge in [-0.2, -0.15) is 5.10 Å². The molecule has 122 valence electrons. The molecule has 1 aliphatic heterocycles. The molecule has 1 aromatic carbocycles. The molecule has 3 aromatic rings. The summed E-state index contributed by atoms with van der Waals surface area (Å²) < 4.78 is 0.548. The second-order valence-corrected chi connectivity index (χ2v) is 6.36. The molecule has 0 aliphatic carbocycles. The van der Waals surface area contributed by atoms with Gasteiger partial charge in [-0.15, -0.1) is 0 Å². The minimum atomic E-state index is 0.261. The lowest BCUT2D eigenvalue weighted by atomic mass is 10.0. The van der Waals surface area contributed by atoms with E-state index in [2.05, 4.69) is 25.1 Å². The van der Waals surface area contributed by atoms with Gasteiger partial charge < -0.3 is 10.1 Å². The fourth-order valence-corrected chi connectivity index (χ4v) is 3.27. The standard InChI is InChI=1S/C17H17N5OS/c23-14-3-1-11(2-4-14)16-13(8-19-21-16)10-22-6-5-15-12(9-22)7-18-17(24)20-15/h1-4,7-8,23H,5-6,9-10H2,(H,19,21)(H,18,20,24). The highest BCUT2D eigenvalue weighted by Gasteiger charge is 2.19. The highest BCUT2D eigenvalue weighted by atomic mass is 32.1. The third kappa shape index (κ3) is 2.95. The zero-order valence-corrected chi connectivity index (χ0v) is 13.8. The molecule has 4 rings (SSSR count). The van der Waals surface area contributed by atoms with Gasteiger partial charge in [0, 0.05) is 54.6 Å². The number of rotatable bonds is 3. The summed E-state index contributed by atoms with van der Waals surface area (Å²) in [5, 5.41) is 16.7. The van der Waals surface area contributed by atoms with Crippen LogP contribution in [-0.2, 0) is 19.5 Å². The molecule has 0 bridgehead atoms. The van der Waals surface area contributed by atoms with Crippen molar-refractivity contribution in [1.82, 2.24) is 25.1 Å². The zero-order chi connectivity index (χ0) is 16.5. The number of nitrogens with one attached hydrogen (secondary N) is 2. The first-order chi connectivity index (χ1) is 11.7. The number of nitrogens with zero attached hydrogens (tertiary/aromatic N) is 3. The number of hydrogen-bond acceptors (Lipinski definition) is 5. The van der Waals surface area contributed by atoms with E-state index >= 15 is 0 Å². The normalized spacial score (nSPS) is 14.5. The van der Waals surface area contributed by atoms with Crippen LogP contribution < -0.4 is 0 Å². The van der Waals surface area contributed by atoms with Gasteiger partial charge in [-0.3, -0.25) is 10.00 Å².